The minimum atomic E-state index is -0.541. The molecule has 1 atom stereocenters. The number of benzene rings is 3. The zero-order chi connectivity index (χ0) is 16.8. The molecule has 1 aliphatic rings. The van der Waals surface area contributed by atoms with E-state index in [1.165, 1.54) is 7.11 Å². The first-order valence-corrected chi connectivity index (χ1v) is 7.69. The van der Waals surface area contributed by atoms with Gasteiger partial charge >= 0.3 is 0 Å². The maximum Gasteiger partial charge on any atom is 0.154 e. The molecular weight excluding hydrogens is 304 g/mol. The Morgan fingerprint density at radius 1 is 1.21 bits per heavy atom. The van der Waals surface area contributed by atoms with Crippen LogP contribution in [0.2, 0.25) is 0 Å². The van der Waals surface area contributed by atoms with Crippen molar-refractivity contribution < 1.29 is 19.4 Å². The second-order valence-corrected chi connectivity index (χ2v) is 5.94. The summed E-state index contributed by atoms with van der Waals surface area (Å²) >= 11 is 0. The van der Waals surface area contributed by atoms with E-state index < -0.39 is 6.10 Å². The summed E-state index contributed by atoms with van der Waals surface area (Å²) in [6, 6.07) is 12.9. The van der Waals surface area contributed by atoms with E-state index in [0.29, 0.717) is 22.4 Å². The Bertz CT molecular complexity index is 975. The molecule has 3 aromatic rings. The Balaban J connectivity index is 1.99. The number of carbonyl (C=O) groups excluding carboxylic acids is 1. The van der Waals surface area contributed by atoms with Crippen molar-refractivity contribution in [2.24, 2.45) is 0 Å². The molecule has 1 heterocycles. The average molecular weight is 320 g/mol. The van der Waals surface area contributed by atoms with E-state index in [-0.39, 0.29) is 5.75 Å². The first-order chi connectivity index (χ1) is 11.6. The van der Waals surface area contributed by atoms with Crippen LogP contribution in [-0.4, -0.2) is 18.5 Å². The first kappa shape index (κ1) is 14.6. The molecule has 4 heteroatoms. The molecule has 4 nitrogen and oxygen atoms in total. The predicted molar refractivity (Wildman–Crippen MR) is 91.2 cm³/mol. The lowest BCUT2D eigenvalue weighted by atomic mass is 9.93. The minimum Gasteiger partial charge on any atom is -0.507 e. The lowest BCUT2D eigenvalue weighted by Crippen LogP contribution is -2.08. The zero-order valence-electron chi connectivity index (χ0n) is 13.4. The van der Waals surface area contributed by atoms with Gasteiger partial charge in [0.25, 0.3) is 0 Å². The molecule has 0 amide bonds. The zero-order valence-corrected chi connectivity index (χ0v) is 13.4. The van der Waals surface area contributed by atoms with Gasteiger partial charge in [-0.25, -0.2) is 0 Å². The van der Waals surface area contributed by atoms with E-state index in [1.807, 2.05) is 31.2 Å². The third kappa shape index (κ3) is 1.96. The largest absolute Gasteiger partial charge is 0.507 e. The molecule has 120 valence electrons. The maximum atomic E-state index is 11.6. The minimum absolute atomic E-state index is 0.162. The predicted octanol–water partition coefficient (Wildman–Crippen LogP) is 4.16. The number of hydrogen-bond acceptors (Lipinski definition) is 4. The highest BCUT2D eigenvalue weighted by Gasteiger charge is 2.32. The van der Waals surface area contributed by atoms with Crippen LogP contribution in [0.1, 0.15) is 33.2 Å². The molecule has 0 bridgehead atoms. The molecule has 0 unspecified atom stereocenters. The average Bonchev–Trinajstić information content (AvgIpc) is 2.97. The number of methoxy groups -OCH3 is 1. The smallest absolute Gasteiger partial charge is 0.154 e. The van der Waals surface area contributed by atoms with Gasteiger partial charge in [0.05, 0.1) is 18.2 Å². The molecule has 0 saturated heterocycles. The molecule has 0 saturated carbocycles. The third-order valence-corrected chi connectivity index (χ3v) is 4.47. The van der Waals surface area contributed by atoms with Crippen molar-refractivity contribution in [1.82, 2.24) is 0 Å². The number of rotatable bonds is 3. The molecule has 0 aromatic heterocycles. The van der Waals surface area contributed by atoms with Crippen LogP contribution < -0.4 is 9.47 Å². The van der Waals surface area contributed by atoms with Crippen LogP contribution in [-0.2, 0) is 0 Å². The van der Waals surface area contributed by atoms with Crippen LogP contribution >= 0.6 is 0 Å². The van der Waals surface area contributed by atoms with Crippen molar-refractivity contribution in [1.29, 1.82) is 0 Å². The fraction of sp³-hybridized carbons (Fsp3) is 0.150. The van der Waals surface area contributed by atoms with Gasteiger partial charge in [-0.1, -0.05) is 24.3 Å². The second kappa shape index (κ2) is 5.27. The van der Waals surface area contributed by atoms with Gasteiger partial charge in [0.2, 0.25) is 0 Å². The number of hydrogen-bond donors (Lipinski definition) is 1. The lowest BCUT2D eigenvalue weighted by Gasteiger charge is -2.17. The van der Waals surface area contributed by atoms with E-state index in [2.05, 4.69) is 6.07 Å². The van der Waals surface area contributed by atoms with Crippen LogP contribution in [0.5, 0.6) is 17.2 Å². The second-order valence-electron chi connectivity index (χ2n) is 5.94. The summed E-state index contributed by atoms with van der Waals surface area (Å²) < 4.78 is 11.4. The lowest BCUT2D eigenvalue weighted by molar-refractivity contribution is 0.111. The molecule has 1 N–H and O–H groups in total. The fourth-order valence-corrected chi connectivity index (χ4v) is 3.44. The van der Waals surface area contributed by atoms with Crippen molar-refractivity contribution >= 4 is 17.1 Å². The van der Waals surface area contributed by atoms with Crippen molar-refractivity contribution in [2.45, 2.75) is 13.0 Å². The number of aldehydes is 1. The number of phenolic OH excluding ortho intramolecular Hbond substituents is 1. The molecular formula is C20H16O4. The number of ether oxygens (including phenoxy) is 2. The first-order valence-electron chi connectivity index (χ1n) is 7.69. The van der Waals surface area contributed by atoms with Gasteiger partial charge in [0, 0.05) is 10.9 Å². The summed E-state index contributed by atoms with van der Waals surface area (Å²) in [5.74, 6) is 1.38. The Morgan fingerprint density at radius 2 is 2.04 bits per heavy atom. The highest BCUT2D eigenvalue weighted by molar-refractivity contribution is 5.96. The van der Waals surface area contributed by atoms with Crippen molar-refractivity contribution in [3.05, 3.63) is 64.7 Å². The summed E-state index contributed by atoms with van der Waals surface area (Å²) in [4.78, 5) is 11.6. The number of aromatic hydroxyl groups is 1. The molecule has 0 radical (unpaired) electrons. The number of aryl methyl sites for hydroxylation is 1. The highest BCUT2D eigenvalue weighted by atomic mass is 16.5. The molecule has 4 rings (SSSR count). The van der Waals surface area contributed by atoms with Crippen molar-refractivity contribution in [2.75, 3.05) is 7.11 Å². The van der Waals surface area contributed by atoms with Gasteiger partial charge in [0.15, 0.2) is 12.4 Å². The Hall–Kier alpha value is -3.01. The van der Waals surface area contributed by atoms with E-state index in [9.17, 15) is 9.90 Å². The normalized spacial score (nSPS) is 15.3. The summed E-state index contributed by atoms with van der Waals surface area (Å²) in [6.45, 7) is 2.00. The van der Waals surface area contributed by atoms with Gasteiger partial charge in [0.1, 0.15) is 17.2 Å². The van der Waals surface area contributed by atoms with E-state index in [4.69, 9.17) is 9.47 Å². The van der Waals surface area contributed by atoms with Crippen LogP contribution in [0.15, 0.2) is 42.5 Å². The molecule has 1 aliphatic heterocycles. The Kier molecular flexibility index (Phi) is 3.20. The number of phenols is 1. The molecule has 0 aliphatic carbocycles. The quantitative estimate of drug-likeness (QED) is 0.736. The topological polar surface area (TPSA) is 55.8 Å². The van der Waals surface area contributed by atoms with E-state index in [1.54, 1.807) is 12.1 Å². The van der Waals surface area contributed by atoms with Gasteiger partial charge in [-0.3, -0.25) is 4.79 Å². The van der Waals surface area contributed by atoms with Gasteiger partial charge < -0.3 is 14.6 Å². The Labute approximate surface area is 139 Å². The van der Waals surface area contributed by atoms with E-state index >= 15 is 0 Å². The van der Waals surface area contributed by atoms with Crippen molar-refractivity contribution in [3.63, 3.8) is 0 Å². The molecule has 0 fully saturated rings. The highest BCUT2D eigenvalue weighted by Crippen LogP contribution is 2.49. The number of carbonyl (C=O) groups is 1. The van der Waals surface area contributed by atoms with Crippen LogP contribution in [0.3, 0.4) is 0 Å². The monoisotopic (exact) mass is 320 g/mol. The summed E-state index contributed by atoms with van der Waals surface area (Å²) in [7, 11) is 1.53. The van der Waals surface area contributed by atoms with Gasteiger partial charge in [-0.2, -0.15) is 0 Å². The van der Waals surface area contributed by atoms with Crippen LogP contribution in [0.4, 0.5) is 0 Å². The summed E-state index contributed by atoms with van der Waals surface area (Å²) in [5, 5.41) is 12.3. The molecule has 0 spiro atoms. The van der Waals surface area contributed by atoms with Gasteiger partial charge in [-0.05, 0) is 36.1 Å². The van der Waals surface area contributed by atoms with Gasteiger partial charge in [-0.15, -0.1) is 0 Å². The van der Waals surface area contributed by atoms with Crippen LogP contribution in [0, 0.1) is 6.92 Å². The fourth-order valence-electron chi connectivity index (χ4n) is 3.44. The molecule has 24 heavy (non-hydrogen) atoms. The maximum absolute atomic E-state index is 11.6. The van der Waals surface area contributed by atoms with Crippen molar-refractivity contribution in [3.8, 4) is 17.2 Å². The molecule has 3 aromatic carbocycles. The SMILES string of the molecule is COc1cccc([C@@H]2Oc3cc(C)cc4ccc(O)c2c34)c1C=O. The third-order valence-electron chi connectivity index (χ3n) is 4.47. The van der Waals surface area contributed by atoms with E-state index in [0.717, 1.165) is 28.4 Å². The standard InChI is InChI=1S/C20H16O4/c1-11-8-12-6-7-15(22)19-18(12)17(9-11)24-20(19)13-4-3-5-16(23-2)14(13)10-21/h3-10,20,22H,1-2H3/t20-/m0/s1. The van der Waals surface area contributed by atoms with Crippen LogP contribution in [0.25, 0.3) is 10.8 Å². The Morgan fingerprint density at radius 3 is 2.79 bits per heavy atom. The summed E-state index contributed by atoms with van der Waals surface area (Å²) in [5.41, 5.74) is 2.89. The summed E-state index contributed by atoms with van der Waals surface area (Å²) in [6.07, 6.45) is 0.226.